The van der Waals surface area contributed by atoms with Gasteiger partial charge in [0.25, 0.3) is 11.8 Å². The lowest BCUT2D eigenvalue weighted by Crippen LogP contribution is -2.30. The molecule has 0 aromatic heterocycles. The third kappa shape index (κ3) is 4.55. The molecule has 0 saturated carbocycles. The molecule has 2 atom stereocenters. The molecule has 1 fully saturated rings. The summed E-state index contributed by atoms with van der Waals surface area (Å²) in [6, 6.07) is 22.2. The van der Waals surface area contributed by atoms with Crippen molar-refractivity contribution in [3.8, 4) is 0 Å². The largest absolute Gasteiger partial charge is 0.322 e. The highest BCUT2D eigenvalue weighted by molar-refractivity contribution is 6.22. The summed E-state index contributed by atoms with van der Waals surface area (Å²) in [5.41, 5.74) is 3.70. The molecule has 2 aliphatic rings. The summed E-state index contributed by atoms with van der Waals surface area (Å²) in [6.45, 7) is 1.98. The van der Waals surface area contributed by atoms with Crippen molar-refractivity contribution < 1.29 is 19.2 Å². The van der Waals surface area contributed by atoms with Crippen molar-refractivity contribution in [2.75, 3.05) is 15.5 Å². The maximum atomic E-state index is 12.9. The predicted molar refractivity (Wildman–Crippen MR) is 138 cm³/mol. The number of para-hydroxylation sites is 1. The third-order valence-electron chi connectivity index (χ3n) is 6.65. The van der Waals surface area contributed by atoms with Gasteiger partial charge in [0.05, 0.1) is 17.5 Å². The summed E-state index contributed by atoms with van der Waals surface area (Å²) in [7, 11) is 0. The van der Waals surface area contributed by atoms with Gasteiger partial charge < -0.3 is 10.6 Å². The average molecular weight is 480 g/mol. The van der Waals surface area contributed by atoms with Crippen molar-refractivity contribution in [3.05, 3.63) is 102 Å². The van der Waals surface area contributed by atoms with Gasteiger partial charge in [0.1, 0.15) is 0 Å². The zero-order valence-corrected chi connectivity index (χ0v) is 19.7. The number of imide groups is 1. The summed E-state index contributed by atoms with van der Waals surface area (Å²) in [5.74, 6) is -1.54. The molecule has 0 unspecified atom stereocenters. The van der Waals surface area contributed by atoms with E-state index in [0.717, 1.165) is 5.57 Å². The molecule has 7 nitrogen and oxygen atoms in total. The lowest BCUT2D eigenvalue weighted by Gasteiger charge is -2.18. The van der Waals surface area contributed by atoms with E-state index >= 15 is 0 Å². The van der Waals surface area contributed by atoms with Crippen LogP contribution in [0.4, 0.5) is 17.1 Å². The topological polar surface area (TPSA) is 95.6 Å². The van der Waals surface area contributed by atoms with Crippen LogP contribution in [0, 0.1) is 11.8 Å². The quantitative estimate of drug-likeness (QED) is 0.396. The first-order valence-corrected chi connectivity index (χ1v) is 11.8. The van der Waals surface area contributed by atoms with Crippen molar-refractivity contribution in [2.45, 2.75) is 19.8 Å². The Labute approximate surface area is 208 Å². The van der Waals surface area contributed by atoms with Crippen LogP contribution in [-0.2, 0) is 9.59 Å². The van der Waals surface area contributed by atoms with Crippen LogP contribution in [0.3, 0.4) is 0 Å². The van der Waals surface area contributed by atoms with E-state index in [1.807, 2.05) is 31.2 Å². The lowest BCUT2D eigenvalue weighted by atomic mass is 9.82. The number of allylic oxidation sites excluding steroid dienone is 2. The molecule has 2 N–H and O–H groups in total. The molecule has 36 heavy (non-hydrogen) atoms. The van der Waals surface area contributed by atoms with Crippen molar-refractivity contribution in [3.63, 3.8) is 0 Å². The number of nitrogens with one attached hydrogen (secondary N) is 2. The van der Waals surface area contributed by atoms with Crippen LogP contribution in [0.5, 0.6) is 0 Å². The minimum Gasteiger partial charge on any atom is -0.322 e. The average Bonchev–Trinajstić information content (AvgIpc) is 3.14. The maximum absolute atomic E-state index is 12.9. The smallest absolute Gasteiger partial charge is 0.255 e. The molecule has 180 valence electrons. The number of carbonyl (C=O) groups excluding carboxylic acids is 4. The molecule has 4 amide bonds. The highest BCUT2D eigenvalue weighted by atomic mass is 16.2. The molecule has 3 aromatic rings. The standard InChI is InChI=1S/C29H25N3O4/c1-18-7-16-24-25(17-18)29(36)32(28(24)35)23-14-10-20(11-15-23)27(34)31-22-12-8-19(9-13-22)26(33)30-21-5-3-2-4-6-21/h2-15,24-25H,16-17H2,1H3,(H,30,33)(H,31,34)/t24-,25-/m1/s1. The molecule has 5 rings (SSSR count). The van der Waals surface area contributed by atoms with E-state index in [0.29, 0.717) is 41.0 Å². The fraction of sp³-hybridized carbons (Fsp3) is 0.172. The van der Waals surface area contributed by atoms with Crippen molar-refractivity contribution in [2.24, 2.45) is 11.8 Å². The lowest BCUT2D eigenvalue weighted by molar-refractivity contribution is -0.122. The molecular formula is C29H25N3O4. The van der Waals surface area contributed by atoms with Gasteiger partial charge >= 0.3 is 0 Å². The van der Waals surface area contributed by atoms with Crippen LogP contribution in [0.2, 0.25) is 0 Å². The van der Waals surface area contributed by atoms with Gasteiger partial charge in [0.15, 0.2) is 0 Å². The van der Waals surface area contributed by atoms with E-state index in [-0.39, 0.29) is 35.5 Å². The van der Waals surface area contributed by atoms with Gasteiger partial charge in [-0.25, -0.2) is 0 Å². The fourth-order valence-corrected chi connectivity index (χ4v) is 4.69. The number of carbonyl (C=O) groups is 4. The normalized spacial score (nSPS) is 18.9. The maximum Gasteiger partial charge on any atom is 0.255 e. The van der Waals surface area contributed by atoms with E-state index in [4.69, 9.17) is 0 Å². The fourth-order valence-electron chi connectivity index (χ4n) is 4.69. The molecule has 0 radical (unpaired) electrons. The van der Waals surface area contributed by atoms with Gasteiger partial charge in [0.2, 0.25) is 11.8 Å². The molecule has 1 aliphatic heterocycles. The number of anilines is 3. The molecule has 0 spiro atoms. The SMILES string of the molecule is CC1=CC[C@H]2C(=O)N(c3ccc(C(=O)Nc4ccc(C(=O)Nc5ccccc5)cc4)cc3)C(=O)[C@@H]2C1. The third-order valence-corrected chi connectivity index (χ3v) is 6.65. The Morgan fingerprint density at radius 1 is 0.722 bits per heavy atom. The van der Waals surface area contributed by atoms with E-state index in [9.17, 15) is 19.2 Å². The Morgan fingerprint density at radius 3 is 1.86 bits per heavy atom. The molecular weight excluding hydrogens is 454 g/mol. The Kier molecular flexibility index (Phi) is 6.21. The Bertz CT molecular complexity index is 1360. The molecule has 7 heteroatoms. The number of benzene rings is 3. The van der Waals surface area contributed by atoms with Gasteiger partial charge in [-0.1, -0.05) is 29.8 Å². The van der Waals surface area contributed by atoms with Gasteiger partial charge in [0, 0.05) is 22.5 Å². The minimum absolute atomic E-state index is 0.175. The molecule has 0 bridgehead atoms. The van der Waals surface area contributed by atoms with Gasteiger partial charge in [-0.15, -0.1) is 0 Å². The Hall–Kier alpha value is -4.52. The predicted octanol–water partition coefficient (Wildman–Crippen LogP) is 5.04. The second-order valence-corrected chi connectivity index (χ2v) is 9.11. The van der Waals surface area contributed by atoms with Gasteiger partial charge in [-0.2, -0.15) is 0 Å². The first-order valence-electron chi connectivity index (χ1n) is 11.8. The number of amides is 4. The monoisotopic (exact) mass is 479 g/mol. The van der Waals surface area contributed by atoms with Crippen molar-refractivity contribution >= 4 is 40.7 Å². The number of hydrogen-bond acceptors (Lipinski definition) is 4. The Morgan fingerprint density at radius 2 is 1.25 bits per heavy atom. The van der Waals surface area contributed by atoms with Crippen LogP contribution in [-0.4, -0.2) is 23.6 Å². The van der Waals surface area contributed by atoms with Crippen molar-refractivity contribution in [1.82, 2.24) is 0 Å². The van der Waals surface area contributed by atoms with Crippen LogP contribution in [0.15, 0.2) is 90.5 Å². The van der Waals surface area contributed by atoms with E-state index in [2.05, 4.69) is 10.6 Å². The second kappa shape index (κ2) is 9.62. The summed E-state index contributed by atoms with van der Waals surface area (Å²) >= 11 is 0. The second-order valence-electron chi connectivity index (χ2n) is 9.11. The number of rotatable bonds is 5. The summed E-state index contributed by atoms with van der Waals surface area (Å²) in [5, 5.41) is 5.62. The van der Waals surface area contributed by atoms with E-state index in [1.165, 1.54) is 4.90 Å². The van der Waals surface area contributed by atoms with Crippen LogP contribution >= 0.6 is 0 Å². The van der Waals surface area contributed by atoms with Gasteiger partial charge in [-0.05, 0) is 80.4 Å². The van der Waals surface area contributed by atoms with Crippen molar-refractivity contribution in [1.29, 1.82) is 0 Å². The number of nitrogens with zero attached hydrogens (tertiary/aromatic N) is 1. The van der Waals surface area contributed by atoms with E-state index in [1.54, 1.807) is 60.7 Å². The van der Waals surface area contributed by atoms with Crippen LogP contribution in [0.1, 0.15) is 40.5 Å². The molecule has 1 aliphatic carbocycles. The van der Waals surface area contributed by atoms with Crippen LogP contribution < -0.4 is 15.5 Å². The summed E-state index contributed by atoms with van der Waals surface area (Å²) in [4.78, 5) is 52.2. The zero-order valence-electron chi connectivity index (χ0n) is 19.7. The first kappa shape index (κ1) is 23.2. The van der Waals surface area contributed by atoms with Gasteiger partial charge in [-0.3, -0.25) is 24.1 Å². The molecule has 1 saturated heterocycles. The molecule has 3 aromatic carbocycles. The zero-order chi connectivity index (χ0) is 25.2. The minimum atomic E-state index is -0.337. The summed E-state index contributed by atoms with van der Waals surface area (Å²) < 4.78 is 0. The molecule has 1 heterocycles. The first-order chi connectivity index (χ1) is 17.4. The Balaban J connectivity index is 1.22. The van der Waals surface area contributed by atoms with Crippen LogP contribution in [0.25, 0.3) is 0 Å². The number of hydrogen-bond donors (Lipinski definition) is 2. The van der Waals surface area contributed by atoms with E-state index < -0.39 is 0 Å². The summed E-state index contributed by atoms with van der Waals surface area (Å²) in [6.07, 6.45) is 3.23. The number of fused-ring (bicyclic) bond motifs is 1. The highest BCUT2D eigenvalue weighted by Gasteiger charge is 2.48. The highest BCUT2D eigenvalue weighted by Crippen LogP contribution is 2.39.